The largest absolute Gasteiger partial charge is 0.472 e. The van der Waals surface area contributed by atoms with Crippen LogP contribution in [0.2, 0.25) is 0 Å². The maximum atomic E-state index is 12.1. The van der Waals surface area contributed by atoms with E-state index in [0.29, 0.717) is 59.6 Å². The van der Waals surface area contributed by atoms with Gasteiger partial charge in [-0.25, -0.2) is 9.09 Å². The number of hydrogen-bond donors (Lipinski definition) is 2. The van der Waals surface area contributed by atoms with E-state index < -0.39 is 20.6 Å². The van der Waals surface area contributed by atoms with Gasteiger partial charge in [0.25, 0.3) is 0 Å². The fourth-order valence-electron chi connectivity index (χ4n) is 9.52. The Kier molecular flexibility index (Phi) is 9.20. The molecule has 0 spiro atoms. The molecule has 37 heavy (non-hydrogen) atoms. The van der Waals surface area contributed by atoms with Gasteiger partial charge in [0.15, 0.2) is 0 Å². The Labute approximate surface area is 222 Å². The molecular formula is C28H49O8P. The average Bonchev–Trinajstić information content (AvgIpc) is 3.19. The highest BCUT2D eigenvalue weighted by molar-refractivity contribution is 7.46. The maximum Gasteiger partial charge on any atom is 0.472 e. The van der Waals surface area contributed by atoms with Gasteiger partial charge in [0, 0.05) is 20.1 Å². The molecule has 4 fully saturated rings. The number of ether oxygens (including phenoxy) is 3. The van der Waals surface area contributed by atoms with Gasteiger partial charge in [0.05, 0.1) is 12.2 Å². The predicted octanol–water partition coefficient (Wildman–Crippen LogP) is 5.70. The second-order valence-electron chi connectivity index (χ2n) is 12.9. The molecule has 0 radical (unpaired) electrons. The van der Waals surface area contributed by atoms with E-state index in [1.165, 1.54) is 38.5 Å². The minimum atomic E-state index is -4.64. The molecule has 2 N–H and O–H groups in total. The van der Waals surface area contributed by atoms with Crippen LogP contribution in [0.1, 0.15) is 91.9 Å². The number of esters is 1. The van der Waals surface area contributed by atoms with E-state index >= 15 is 0 Å². The minimum Gasteiger partial charge on any atom is -0.438 e. The number of carbonyl (C=O) groups excluding carboxylic acids is 1. The van der Waals surface area contributed by atoms with Crippen LogP contribution in [0.3, 0.4) is 0 Å². The van der Waals surface area contributed by atoms with Crippen LogP contribution in [0.4, 0.5) is 0 Å². The van der Waals surface area contributed by atoms with Crippen molar-refractivity contribution < 1.29 is 37.9 Å². The summed E-state index contributed by atoms with van der Waals surface area (Å²) in [6, 6.07) is 0. The quantitative estimate of drug-likeness (QED) is 0.205. The Morgan fingerprint density at radius 2 is 1.76 bits per heavy atom. The summed E-state index contributed by atoms with van der Waals surface area (Å²) in [5.41, 5.74) is 0.619. The molecule has 0 bridgehead atoms. The van der Waals surface area contributed by atoms with E-state index in [4.69, 9.17) is 24.0 Å². The SMILES string of the molecule is CCOC1CC2CC(OC)CCC2(C)C2CCC3(C)C(C(C)CCC(=O)OCOP(=O)(O)O)CCC3C12. The number of carbonyl (C=O) groups is 1. The zero-order valence-electron chi connectivity index (χ0n) is 23.4. The lowest BCUT2D eigenvalue weighted by molar-refractivity contribution is -0.189. The molecule has 8 nitrogen and oxygen atoms in total. The third-order valence-electron chi connectivity index (χ3n) is 11.3. The molecule has 0 aliphatic heterocycles. The molecule has 0 aromatic rings. The van der Waals surface area contributed by atoms with Crippen LogP contribution in [0, 0.1) is 46.3 Å². The highest BCUT2D eigenvalue weighted by Crippen LogP contribution is 2.68. The van der Waals surface area contributed by atoms with Gasteiger partial charge in [-0.3, -0.25) is 4.79 Å². The normalized spacial score (nSPS) is 42.4. The smallest absolute Gasteiger partial charge is 0.438 e. The molecule has 4 rings (SSSR count). The van der Waals surface area contributed by atoms with Crippen molar-refractivity contribution in [2.45, 2.75) is 104 Å². The highest BCUT2D eigenvalue weighted by atomic mass is 31.2. The summed E-state index contributed by atoms with van der Waals surface area (Å²) in [6.45, 7) is 9.52. The second-order valence-corrected chi connectivity index (χ2v) is 14.1. The van der Waals surface area contributed by atoms with E-state index in [-0.39, 0.29) is 11.8 Å². The molecule has 4 saturated carbocycles. The molecule has 0 aromatic heterocycles. The number of methoxy groups -OCH3 is 1. The first-order valence-electron chi connectivity index (χ1n) is 14.4. The summed E-state index contributed by atoms with van der Waals surface area (Å²) in [4.78, 5) is 29.6. The number of hydrogen-bond acceptors (Lipinski definition) is 6. The lowest BCUT2D eigenvalue weighted by atomic mass is 9.43. The topological polar surface area (TPSA) is 112 Å². The predicted molar refractivity (Wildman–Crippen MR) is 139 cm³/mol. The Morgan fingerprint density at radius 3 is 2.43 bits per heavy atom. The molecule has 0 saturated heterocycles. The summed E-state index contributed by atoms with van der Waals surface area (Å²) in [5, 5.41) is 0. The Hall–Kier alpha value is -0.500. The summed E-state index contributed by atoms with van der Waals surface area (Å²) < 4.78 is 32.2. The van der Waals surface area contributed by atoms with Crippen molar-refractivity contribution in [3.8, 4) is 0 Å². The molecule has 10 atom stereocenters. The van der Waals surface area contributed by atoms with Crippen LogP contribution in [-0.2, 0) is 28.1 Å². The summed E-state index contributed by atoms with van der Waals surface area (Å²) in [5.74, 6) is 3.08. The summed E-state index contributed by atoms with van der Waals surface area (Å²) in [6.07, 6.45) is 11.3. The first-order valence-corrected chi connectivity index (χ1v) is 16.0. The van der Waals surface area contributed by atoms with Gasteiger partial charge >= 0.3 is 13.8 Å². The number of phosphoric acid groups is 1. The van der Waals surface area contributed by atoms with E-state index in [9.17, 15) is 9.36 Å². The number of fused-ring (bicyclic) bond motifs is 5. The van der Waals surface area contributed by atoms with Crippen LogP contribution in [0.5, 0.6) is 0 Å². The minimum absolute atomic E-state index is 0.233. The average molecular weight is 545 g/mol. The zero-order valence-corrected chi connectivity index (χ0v) is 24.3. The Balaban J connectivity index is 1.43. The first kappa shape index (κ1) is 29.5. The monoisotopic (exact) mass is 544 g/mol. The van der Waals surface area contributed by atoms with Gasteiger partial charge in [0.2, 0.25) is 6.79 Å². The van der Waals surface area contributed by atoms with Crippen LogP contribution in [0.25, 0.3) is 0 Å². The molecule has 4 aliphatic carbocycles. The summed E-state index contributed by atoms with van der Waals surface area (Å²) >= 11 is 0. The molecule has 0 heterocycles. The van der Waals surface area contributed by atoms with Gasteiger partial charge in [-0.1, -0.05) is 20.8 Å². The molecule has 0 amide bonds. The second kappa shape index (κ2) is 11.5. The van der Waals surface area contributed by atoms with Crippen molar-refractivity contribution in [1.29, 1.82) is 0 Å². The third kappa shape index (κ3) is 6.00. The van der Waals surface area contributed by atoms with Crippen molar-refractivity contribution in [2.75, 3.05) is 20.5 Å². The van der Waals surface area contributed by atoms with Crippen LogP contribution >= 0.6 is 7.82 Å². The van der Waals surface area contributed by atoms with E-state index in [1.54, 1.807) is 0 Å². The van der Waals surface area contributed by atoms with Crippen molar-refractivity contribution in [3.05, 3.63) is 0 Å². The van der Waals surface area contributed by atoms with E-state index in [1.807, 2.05) is 7.11 Å². The van der Waals surface area contributed by atoms with Gasteiger partial charge < -0.3 is 24.0 Å². The summed E-state index contributed by atoms with van der Waals surface area (Å²) in [7, 11) is -2.78. The standard InChI is InChI=1S/C28H49O8P/c1-6-34-24-16-19-15-20(33-5)11-13-27(19,3)23-12-14-28(4)21(8-9-22(28)26(23)24)18(2)7-10-25(29)35-17-36-37(30,31)32/h18-24,26H,6-17H2,1-5H3,(H2,30,31,32). The molecule has 9 heteroatoms. The molecular weight excluding hydrogens is 495 g/mol. The molecule has 0 aromatic carbocycles. The molecule has 4 aliphatic rings. The van der Waals surface area contributed by atoms with Crippen LogP contribution in [0.15, 0.2) is 0 Å². The van der Waals surface area contributed by atoms with Crippen molar-refractivity contribution in [1.82, 2.24) is 0 Å². The number of rotatable bonds is 10. The lowest BCUT2D eigenvalue weighted by Crippen LogP contribution is -2.59. The van der Waals surface area contributed by atoms with Crippen LogP contribution in [-0.4, -0.2) is 48.5 Å². The molecule has 10 unspecified atom stereocenters. The fraction of sp³-hybridized carbons (Fsp3) is 0.964. The number of phosphoric ester groups is 1. The van der Waals surface area contributed by atoms with Crippen LogP contribution < -0.4 is 0 Å². The Bertz CT molecular complexity index is 846. The van der Waals surface area contributed by atoms with Crippen molar-refractivity contribution in [2.24, 2.45) is 46.3 Å². The third-order valence-corrected chi connectivity index (χ3v) is 11.8. The van der Waals surface area contributed by atoms with Gasteiger partial charge in [-0.05, 0) is 111 Å². The van der Waals surface area contributed by atoms with Gasteiger partial charge in [-0.15, -0.1) is 0 Å². The van der Waals surface area contributed by atoms with E-state index in [0.717, 1.165) is 19.4 Å². The lowest BCUT2D eigenvalue weighted by Gasteiger charge is -2.63. The maximum absolute atomic E-state index is 12.1. The Morgan fingerprint density at radius 1 is 1.05 bits per heavy atom. The van der Waals surface area contributed by atoms with Gasteiger partial charge in [0.1, 0.15) is 0 Å². The molecule has 214 valence electrons. The first-order chi connectivity index (χ1) is 17.4. The van der Waals surface area contributed by atoms with Gasteiger partial charge in [-0.2, -0.15) is 0 Å². The van der Waals surface area contributed by atoms with E-state index in [2.05, 4.69) is 32.2 Å². The van der Waals surface area contributed by atoms with Crippen molar-refractivity contribution in [3.63, 3.8) is 0 Å². The highest BCUT2D eigenvalue weighted by Gasteiger charge is 2.63. The zero-order chi connectivity index (χ0) is 27.0. The van der Waals surface area contributed by atoms with Crippen molar-refractivity contribution >= 4 is 13.8 Å². The fourth-order valence-corrected chi connectivity index (χ4v) is 9.71.